The lowest BCUT2D eigenvalue weighted by atomic mass is 10.4. The highest BCUT2D eigenvalue weighted by molar-refractivity contribution is 5.51. The molecule has 0 aliphatic carbocycles. The molecule has 0 spiro atoms. The van der Waals surface area contributed by atoms with E-state index in [0.29, 0.717) is 12.4 Å². The van der Waals surface area contributed by atoms with Gasteiger partial charge >= 0.3 is 0 Å². The van der Waals surface area contributed by atoms with Crippen LogP contribution in [0.2, 0.25) is 0 Å². The molecule has 0 saturated heterocycles. The third-order valence-corrected chi connectivity index (χ3v) is 1.73. The summed E-state index contributed by atoms with van der Waals surface area (Å²) >= 11 is 0. The van der Waals surface area contributed by atoms with Crippen molar-refractivity contribution in [3.63, 3.8) is 0 Å². The number of nitrogen functional groups attached to an aromatic ring is 1. The Bertz CT molecular complexity index is 311. The Morgan fingerprint density at radius 1 is 1.50 bits per heavy atom. The van der Waals surface area contributed by atoms with Gasteiger partial charge in [-0.2, -0.15) is 0 Å². The minimum absolute atomic E-state index is 0.220. The smallest absolute Gasteiger partial charge is 0.261 e. The van der Waals surface area contributed by atoms with Crippen LogP contribution < -0.4 is 16.6 Å². The molecule has 0 unspecified atom stereocenters. The molecule has 0 amide bonds. The van der Waals surface area contributed by atoms with E-state index < -0.39 is 13.0 Å². The van der Waals surface area contributed by atoms with Crippen molar-refractivity contribution in [3.8, 4) is 0 Å². The summed E-state index contributed by atoms with van der Waals surface area (Å²) in [7, 11) is 0. The van der Waals surface area contributed by atoms with E-state index in [4.69, 9.17) is 10.6 Å². The maximum atomic E-state index is 11.7. The first-order valence-corrected chi connectivity index (χ1v) is 4.75. The highest BCUT2D eigenvalue weighted by atomic mass is 19.3. The summed E-state index contributed by atoms with van der Waals surface area (Å²) < 4.78 is 28.1. The van der Waals surface area contributed by atoms with Crippen molar-refractivity contribution in [2.75, 3.05) is 30.5 Å². The highest BCUT2D eigenvalue weighted by Gasteiger charge is 2.01. The summed E-state index contributed by atoms with van der Waals surface area (Å²) in [5, 5.41) is 2.99. The van der Waals surface area contributed by atoms with Gasteiger partial charge in [0, 0.05) is 24.5 Å². The molecule has 0 saturated carbocycles. The number of hydrazine groups is 1. The van der Waals surface area contributed by atoms with E-state index >= 15 is 0 Å². The average Bonchev–Trinajstić information content (AvgIpc) is 2.28. The van der Waals surface area contributed by atoms with E-state index in [-0.39, 0.29) is 6.61 Å². The van der Waals surface area contributed by atoms with Crippen molar-refractivity contribution in [2.45, 2.75) is 6.43 Å². The van der Waals surface area contributed by atoms with Gasteiger partial charge in [0.05, 0.1) is 6.61 Å². The van der Waals surface area contributed by atoms with Gasteiger partial charge in [-0.1, -0.05) is 0 Å². The first-order chi connectivity index (χ1) is 7.72. The zero-order valence-electron chi connectivity index (χ0n) is 8.62. The lowest BCUT2D eigenvalue weighted by Crippen LogP contribution is -2.13. The summed E-state index contributed by atoms with van der Waals surface area (Å²) in [5.74, 6) is 5.71. The molecule has 0 aliphatic heterocycles. The number of ether oxygens (including phenoxy) is 1. The van der Waals surface area contributed by atoms with Gasteiger partial charge in [-0.05, 0) is 6.07 Å². The van der Waals surface area contributed by atoms with Crippen LogP contribution in [-0.4, -0.2) is 31.2 Å². The van der Waals surface area contributed by atoms with E-state index in [1.165, 1.54) is 0 Å². The molecule has 16 heavy (non-hydrogen) atoms. The maximum Gasteiger partial charge on any atom is 0.261 e. The van der Waals surface area contributed by atoms with Crippen molar-refractivity contribution in [2.24, 2.45) is 5.84 Å². The highest BCUT2D eigenvalue weighted by Crippen LogP contribution is 2.09. The Hall–Kier alpha value is -1.47. The molecule has 0 atom stereocenters. The molecule has 0 radical (unpaired) electrons. The summed E-state index contributed by atoms with van der Waals surface area (Å²) in [4.78, 5) is 3.92. The van der Waals surface area contributed by atoms with Crippen LogP contribution in [0, 0.1) is 0 Å². The topological polar surface area (TPSA) is 72.2 Å². The van der Waals surface area contributed by atoms with Crippen LogP contribution in [0.5, 0.6) is 0 Å². The summed E-state index contributed by atoms with van der Waals surface area (Å²) in [6.07, 6.45) is -0.841. The fraction of sp³-hybridized carbons (Fsp3) is 0.444. The molecule has 0 aromatic carbocycles. The Kier molecular flexibility index (Phi) is 5.44. The normalized spacial score (nSPS) is 10.5. The van der Waals surface area contributed by atoms with Gasteiger partial charge < -0.3 is 15.5 Å². The molecular formula is C9H14F2N4O. The largest absolute Gasteiger partial charge is 0.383 e. The third-order valence-electron chi connectivity index (χ3n) is 1.73. The van der Waals surface area contributed by atoms with Crippen LogP contribution in [-0.2, 0) is 4.74 Å². The fourth-order valence-electron chi connectivity index (χ4n) is 1.06. The maximum absolute atomic E-state index is 11.7. The molecule has 1 aromatic heterocycles. The van der Waals surface area contributed by atoms with Gasteiger partial charge in [0.25, 0.3) is 6.43 Å². The van der Waals surface area contributed by atoms with Crippen LogP contribution >= 0.6 is 0 Å². The SMILES string of the molecule is NNc1cc(NCCOCC(F)F)ccn1. The molecule has 5 nitrogen and oxygen atoms in total. The van der Waals surface area contributed by atoms with E-state index in [2.05, 4.69) is 15.7 Å². The van der Waals surface area contributed by atoms with Gasteiger partial charge in [-0.25, -0.2) is 19.6 Å². The van der Waals surface area contributed by atoms with Crippen LogP contribution in [0.1, 0.15) is 0 Å². The van der Waals surface area contributed by atoms with Crippen molar-refractivity contribution < 1.29 is 13.5 Å². The van der Waals surface area contributed by atoms with E-state index in [1.807, 2.05) is 0 Å². The number of alkyl halides is 2. The molecule has 1 heterocycles. The van der Waals surface area contributed by atoms with Gasteiger partial charge in [0.1, 0.15) is 12.4 Å². The Morgan fingerprint density at radius 2 is 2.31 bits per heavy atom. The standard InChI is InChI=1S/C9H14F2N4O/c10-8(11)6-16-4-3-13-7-1-2-14-9(5-7)15-12/h1-2,5,8H,3-4,6,12H2,(H2,13,14,15). The lowest BCUT2D eigenvalue weighted by Gasteiger charge is -2.08. The first kappa shape index (κ1) is 12.6. The monoisotopic (exact) mass is 232 g/mol. The minimum Gasteiger partial charge on any atom is -0.383 e. The predicted octanol–water partition coefficient (Wildman–Crippen LogP) is 1.06. The van der Waals surface area contributed by atoms with Crippen LogP contribution in [0.15, 0.2) is 18.3 Å². The number of halogens is 2. The number of anilines is 2. The zero-order valence-corrected chi connectivity index (χ0v) is 8.62. The van der Waals surface area contributed by atoms with E-state index in [1.54, 1.807) is 18.3 Å². The first-order valence-electron chi connectivity index (χ1n) is 4.75. The summed E-state index contributed by atoms with van der Waals surface area (Å²) in [6.45, 7) is 0.131. The van der Waals surface area contributed by atoms with Crippen LogP contribution in [0.3, 0.4) is 0 Å². The second-order valence-corrected chi connectivity index (χ2v) is 2.97. The molecule has 4 N–H and O–H groups in total. The Balaban J connectivity index is 2.21. The Morgan fingerprint density at radius 3 is 3.00 bits per heavy atom. The summed E-state index contributed by atoms with van der Waals surface area (Å²) in [6, 6.07) is 3.45. The van der Waals surface area contributed by atoms with Crippen molar-refractivity contribution in [3.05, 3.63) is 18.3 Å². The summed E-state index contributed by atoms with van der Waals surface area (Å²) in [5.41, 5.74) is 3.20. The van der Waals surface area contributed by atoms with Crippen molar-refractivity contribution in [1.82, 2.24) is 4.98 Å². The molecule has 90 valence electrons. The number of nitrogens with one attached hydrogen (secondary N) is 2. The lowest BCUT2D eigenvalue weighted by molar-refractivity contribution is 0.0215. The quantitative estimate of drug-likeness (QED) is 0.372. The molecule has 0 fully saturated rings. The molecule has 1 rings (SSSR count). The molecule has 0 aliphatic rings. The van der Waals surface area contributed by atoms with Crippen LogP contribution in [0.4, 0.5) is 20.3 Å². The zero-order chi connectivity index (χ0) is 11.8. The predicted molar refractivity (Wildman–Crippen MR) is 57.4 cm³/mol. The average molecular weight is 232 g/mol. The van der Waals surface area contributed by atoms with Gasteiger partial charge in [0.2, 0.25) is 0 Å². The molecule has 7 heteroatoms. The number of hydrogen-bond acceptors (Lipinski definition) is 5. The van der Waals surface area contributed by atoms with Gasteiger partial charge in [-0.15, -0.1) is 0 Å². The minimum atomic E-state index is -2.42. The number of pyridine rings is 1. The number of aromatic nitrogens is 1. The van der Waals surface area contributed by atoms with Gasteiger partial charge in [-0.3, -0.25) is 0 Å². The van der Waals surface area contributed by atoms with E-state index in [0.717, 1.165) is 5.69 Å². The van der Waals surface area contributed by atoms with E-state index in [9.17, 15) is 8.78 Å². The molecule has 0 bridgehead atoms. The number of rotatable bonds is 7. The van der Waals surface area contributed by atoms with Gasteiger partial charge in [0.15, 0.2) is 0 Å². The molecular weight excluding hydrogens is 218 g/mol. The van der Waals surface area contributed by atoms with Crippen molar-refractivity contribution >= 4 is 11.5 Å². The van der Waals surface area contributed by atoms with Crippen LogP contribution in [0.25, 0.3) is 0 Å². The fourth-order valence-corrected chi connectivity index (χ4v) is 1.06. The number of nitrogens with two attached hydrogens (primary N) is 1. The Labute approximate surface area is 92.0 Å². The molecule has 1 aromatic rings. The second-order valence-electron chi connectivity index (χ2n) is 2.97. The number of hydrogen-bond donors (Lipinski definition) is 3. The third kappa shape index (κ3) is 4.85. The second kappa shape index (κ2) is 6.91. The number of nitrogens with zero attached hydrogens (tertiary/aromatic N) is 1. The van der Waals surface area contributed by atoms with Crippen molar-refractivity contribution in [1.29, 1.82) is 0 Å².